The zero-order chi connectivity index (χ0) is 16.2. The Kier molecular flexibility index (Phi) is 4.74. The van der Waals surface area contributed by atoms with Gasteiger partial charge in [-0.3, -0.25) is 0 Å². The molecule has 0 bridgehead atoms. The lowest BCUT2D eigenvalue weighted by Crippen LogP contribution is -2.13. The first-order valence-corrected chi connectivity index (χ1v) is 7.94. The van der Waals surface area contributed by atoms with Gasteiger partial charge in [-0.25, -0.2) is 9.67 Å². The minimum atomic E-state index is 0.735. The zero-order valence-electron chi connectivity index (χ0n) is 13.3. The molecular weight excluding hydrogens is 308 g/mol. The molecule has 4 nitrogen and oxygen atoms in total. The lowest BCUT2D eigenvalue weighted by Gasteiger charge is -2.08. The molecule has 118 valence electrons. The van der Waals surface area contributed by atoms with Gasteiger partial charge in [-0.05, 0) is 43.2 Å². The molecule has 0 fully saturated rings. The Hall–Kier alpha value is -2.17. The van der Waals surface area contributed by atoms with E-state index in [-0.39, 0.29) is 0 Å². The minimum Gasteiger partial charge on any atom is -0.309 e. The van der Waals surface area contributed by atoms with Crippen molar-refractivity contribution >= 4 is 11.6 Å². The molecular formula is C18H19ClN4. The zero-order valence-corrected chi connectivity index (χ0v) is 14.0. The summed E-state index contributed by atoms with van der Waals surface area (Å²) in [7, 11) is 0. The van der Waals surface area contributed by atoms with Crippen molar-refractivity contribution < 1.29 is 0 Å². The molecule has 3 rings (SSSR count). The molecule has 0 aliphatic heterocycles. The van der Waals surface area contributed by atoms with Crippen molar-refractivity contribution in [1.29, 1.82) is 0 Å². The van der Waals surface area contributed by atoms with Crippen LogP contribution < -0.4 is 5.32 Å². The van der Waals surface area contributed by atoms with Crippen molar-refractivity contribution in [3.63, 3.8) is 0 Å². The van der Waals surface area contributed by atoms with Crippen molar-refractivity contribution in [2.24, 2.45) is 0 Å². The van der Waals surface area contributed by atoms with Crippen LogP contribution in [0.1, 0.15) is 22.5 Å². The Balaban J connectivity index is 1.62. The van der Waals surface area contributed by atoms with Gasteiger partial charge in [0, 0.05) is 30.0 Å². The van der Waals surface area contributed by atoms with Crippen LogP contribution in [0.25, 0.3) is 5.82 Å². The van der Waals surface area contributed by atoms with Crippen LogP contribution in [-0.2, 0) is 13.1 Å². The number of hydrogen-bond donors (Lipinski definition) is 1. The summed E-state index contributed by atoms with van der Waals surface area (Å²) in [6.07, 6.45) is 1.88. The third-order valence-corrected chi connectivity index (χ3v) is 4.01. The van der Waals surface area contributed by atoms with E-state index in [1.165, 1.54) is 0 Å². The van der Waals surface area contributed by atoms with Gasteiger partial charge >= 0.3 is 0 Å². The second-order valence-electron chi connectivity index (χ2n) is 5.56. The summed E-state index contributed by atoms with van der Waals surface area (Å²) >= 11 is 6.15. The number of aryl methyl sites for hydroxylation is 2. The Morgan fingerprint density at radius 1 is 1.09 bits per heavy atom. The molecule has 0 saturated heterocycles. The molecule has 0 saturated carbocycles. The van der Waals surface area contributed by atoms with E-state index in [9.17, 15) is 0 Å². The Morgan fingerprint density at radius 2 is 1.91 bits per heavy atom. The van der Waals surface area contributed by atoms with E-state index in [0.29, 0.717) is 0 Å². The van der Waals surface area contributed by atoms with Crippen LogP contribution >= 0.6 is 11.6 Å². The van der Waals surface area contributed by atoms with Crippen molar-refractivity contribution in [2.45, 2.75) is 26.9 Å². The summed E-state index contributed by atoms with van der Waals surface area (Å²) in [5, 5.41) is 8.62. The standard InChI is InChI=1S/C18H19ClN4/c1-13-9-14(2)23(22-13)18-8-7-15(11-21-18)10-20-12-16-5-3-4-6-17(16)19/h3-9,11,20H,10,12H2,1-2H3. The highest BCUT2D eigenvalue weighted by Gasteiger charge is 2.05. The lowest BCUT2D eigenvalue weighted by atomic mass is 10.2. The molecule has 0 amide bonds. The van der Waals surface area contributed by atoms with Crippen molar-refractivity contribution in [3.8, 4) is 5.82 Å². The summed E-state index contributed by atoms with van der Waals surface area (Å²) in [5.41, 5.74) is 4.30. The number of aromatic nitrogens is 3. The molecule has 23 heavy (non-hydrogen) atoms. The van der Waals surface area contributed by atoms with E-state index >= 15 is 0 Å². The highest BCUT2D eigenvalue weighted by Crippen LogP contribution is 2.15. The highest BCUT2D eigenvalue weighted by molar-refractivity contribution is 6.31. The normalized spacial score (nSPS) is 10.9. The van der Waals surface area contributed by atoms with Gasteiger partial charge in [0.2, 0.25) is 0 Å². The van der Waals surface area contributed by atoms with Gasteiger partial charge in [0.1, 0.15) is 0 Å². The largest absolute Gasteiger partial charge is 0.309 e. The van der Waals surface area contributed by atoms with E-state index in [0.717, 1.165) is 46.4 Å². The number of nitrogens with one attached hydrogen (secondary N) is 1. The molecule has 0 spiro atoms. The third kappa shape index (κ3) is 3.78. The van der Waals surface area contributed by atoms with Crippen LogP contribution in [0.15, 0.2) is 48.7 Å². The molecule has 0 aliphatic rings. The third-order valence-electron chi connectivity index (χ3n) is 3.64. The Morgan fingerprint density at radius 3 is 2.57 bits per heavy atom. The van der Waals surface area contributed by atoms with Crippen LogP contribution in [-0.4, -0.2) is 14.8 Å². The fourth-order valence-corrected chi connectivity index (χ4v) is 2.69. The van der Waals surface area contributed by atoms with Crippen molar-refractivity contribution in [3.05, 3.63) is 76.2 Å². The number of rotatable bonds is 5. The van der Waals surface area contributed by atoms with E-state index in [1.54, 1.807) is 0 Å². The van der Waals surface area contributed by atoms with Crippen molar-refractivity contribution in [1.82, 2.24) is 20.1 Å². The summed E-state index contributed by atoms with van der Waals surface area (Å²) in [6.45, 7) is 5.49. The highest BCUT2D eigenvalue weighted by atomic mass is 35.5. The van der Waals surface area contributed by atoms with E-state index in [1.807, 2.05) is 61.1 Å². The second-order valence-corrected chi connectivity index (χ2v) is 5.97. The van der Waals surface area contributed by atoms with Gasteiger partial charge in [-0.2, -0.15) is 5.10 Å². The molecule has 0 atom stereocenters. The van der Waals surface area contributed by atoms with Gasteiger partial charge in [0.25, 0.3) is 0 Å². The maximum absolute atomic E-state index is 6.15. The second kappa shape index (κ2) is 6.94. The quantitative estimate of drug-likeness (QED) is 0.775. The maximum atomic E-state index is 6.15. The average Bonchev–Trinajstić information content (AvgIpc) is 2.88. The Bertz CT molecular complexity index is 793. The van der Waals surface area contributed by atoms with Crippen LogP contribution in [0.3, 0.4) is 0 Å². The molecule has 0 aliphatic carbocycles. The van der Waals surface area contributed by atoms with Crippen molar-refractivity contribution in [2.75, 3.05) is 0 Å². The van der Waals surface area contributed by atoms with Gasteiger partial charge in [-0.15, -0.1) is 0 Å². The smallest absolute Gasteiger partial charge is 0.153 e. The number of pyridine rings is 1. The number of hydrogen-bond acceptors (Lipinski definition) is 3. The number of nitrogens with zero attached hydrogens (tertiary/aromatic N) is 3. The topological polar surface area (TPSA) is 42.7 Å². The fraction of sp³-hybridized carbons (Fsp3) is 0.222. The molecule has 2 aromatic heterocycles. The average molecular weight is 327 g/mol. The number of benzene rings is 1. The predicted octanol–water partition coefficient (Wildman–Crippen LogP) is 3.83. The lowest BCUT2D eigenvalue weighted by molar-refractivity contribution is 0.690. The summed E-state index contributed by atoms with van der Waals surface area (Å²) < 4.78 is 1.86. The van der Waals surface area contributed by atoms with Crippen LogP contribution in [0.4, 0.5) is 0 Å². The summed E-state index contributed by atoms with van der Waals surface area (Å²) in [6, 6.07) is 14.0. The first-order valence-electron chi connectivity index (χ1n) is 7.56. The maximum Gasteiger partial charge on any atom is 0.153 e. The van der Waals surface area contributed by atoms with Gasteiger partial charge < -0.3 is 5.32 Å². The molecule has 1 aromatic carbocycles. The first-order chi connectivity index (χ1) is 11.1. The number of halogens is 1. The van der Waals surface area contributed by atoms with E-state index < -0.39 is 0 Å². The predicted molar refractivity (Wildman–Crippen MR) is 92.8 cm³/mol. The van der Waals surface area contributed by atoms with E-state index in [4.69, 9.17) is 11.6 Å². The minimum absolute atomic E-state index is 0.735. The van der Waals surface area contributed by atoms with E-state index in [2.05, 4.69) is 21.5 Å². The molecule has 5 heteroatoms. The first kappa shape index (κ1) is 15.7. The molecule has 0 radical (unpaired) electrons. The fourth-order valence-electron chi connectivity index (χ4n) is 2.49. The van der Waals surface area contributed by atoms with Crippen LogP contribution in [0.5, 0.6) is 0 Å². The van der Waals surface area contributed by atoms with Gasteiger partial charge in [0.05, 0.1) is 5.69 Å². The molecule has 3 aromatic rings. The summed E-state index contributed by atoms with van der Waals surface area (Å²) in [5.74, 6) is 0.838. The summed E-state index contributed by atoms with van der Waals surface area (Å²) in [4.78, 5) is 4.50. The molecule has 0 unspecified atom stereocenters. The monoisotopic (exact) mass is 326 g/mol. The van der Waals surface area contributed by atoms with Crippen LogP contribution in [0.2, 0.25) is 5.02 Å². The van der Waals surface area contributed by atoms with Gasteiger partial charge in [0.15, 0.2) is 5.82 Å². The molecule has 2 heterocycles. The molecule has 1 N–H and O–H groups in total. The SMILES string of the molecule is Cc1cc(C)n(-c2ccc(CNCc3ccccc3Cl)cn2)n1. The Labute approximate surface area is 141 Å². The van der Waals surface area contributed by atoms with Gasteiger partial charge in [-0.1, -0.05) is 35.9 Å². The van der Waals surface area contributed by atoms with Crippen LogP contribution in [0, 0.1) is 13.8 Å².